The van der Waals surface area contributed by atoms with Gasteiger partial charge in [-0.25, -0.2) is 4.79 Å². The number of carbonyl (C=O) groups excluding carboxylic acids is 1. The standard InChI is InChI=1S/C18H20N2O2S/c1-4-22-17(21)14-6-5-7-15(11-14)19-18(23)20-16-9-12(2)8-13(3)10-16/h5-11H,4H2,1-3H3,(H2,19,20,23). The third-order valence-electron chi connectivity index (χ3n) is 3.11. The van der Waals surface area contributed by atoms with E-state index in [1.54, 1.807) is 25.1 Å². The van der Waals surface area contributed by atoms with Crippen LogP contribution in [0, 0.1) is 13.8 Å². The van der Waals surface area contributed by atoms with Crippen LogP contribution in [0.1, 0.15) is 28.4 Å². The average molecular weight is 328 g/mol. The minimum absolute atomic E-state index is 0.343. The van der Waals surface area contributed by atoms with Gasteiger partial charge in [0.15, 0.2) is 5.11 Å². The summed E-state index contributed by atoms with van der Waals surface area (Å²) >= 11 is 5.33. The van der Waals surface area contributed by atoms with Gasteiger partial charge in [-0.2, -0.15) is 0 Å². The molecule has 0 aliphatic carbocycles. The molecule has 2 N–H and O–H groups in total. The number of aryl methyl sites for hydroxylation is 2. The van der Waals surface area contributed by atoms with E-state index < -0.39 is 0 Å². The number of hydrogen-bond donors (Lipinski definition) is 2. The first kappa shape index (κ1) is 17.0. The molecule has 0 aliphatic rings. The third-order valence-corrected chi connectivity index (χ3v) is 3.32. The number of ether oxygens (including phenoxy) is 1. The van der Waals surface area contributed by atoms with E-state index in [1.807, 2.05) is 32.0 Å². The van der Waals surface area contributed by atoms with Crippen molar-refractivity contribution in [2.24, 2.45) is 0 Å². The van der Waals surface area contributed by atoms with Crippen LogP contribution < -0.4 is 10.6 Å². The molecule has 0 amide bonds. The van der Waals surface area contributed by atoms with Crippen LogP contribution in [-0.4, -0.2) is 17.7 Å². The van der Waals surface area contributed by atoms with Crippen molar-refractivity contribution in [1.29, 1.82) is 0 Å². The van der Waals surface area contributed by atoms with Gasteiger partial charge in [-0.15, -0.1) is 0 Å². The van der Waals surface area contributed by atoms with E-state index in [1.165, 1.54) is 11.1 Å². The molecule has 2 rings (SSSR count). The van der Waals surface area contributed by atoms with Gasteiger partial charge in [0.2, 0.25) is 0 Å². The Morgan fingerprint density at radius 2 is 1.70 bits per heavy atom. The second-order valence-electron chi connectivity index (χ2n) is 5.26. The maximum absolute atomic E-state index is 11.8. The number of carbonyl (C=O) groups is 1. The average Bonchev–Trinajstić information content (AvgIpc) is 2.46. The zero-order valence-electron chi connectivity index (χ0n) is 13.5. The molecule has 0 spiro atoms. The summed E-state index contributed by atoms with van der Waals surface area (Å²) in [5, 5.41) is 6.70. The van der Waals surface area contributed by atoms with Crippen molar-refractivity contribution in [1.82, 2.24) is 0 Å². The number of hydrogen-bond acceptors (Lipinski definition) is 3. The maximum Gasteiger partial charge on any atom is 0.338 e. The second kappa shape index (κ2) is 7.74. The SMILES string of the molecule is CCOC(=O)c1cccc(NC(=S)Nc2cc(C)cc(C)c2)c1. The van der Waals surface area contributed by atoms with Crippen LogP contribution >= 0.6 is 12.2 Å². The highest BCUT2D eigenvalue weighted by Gasteiger charge is 2.07. The zero-order valence-corrected chi connectivity index (χ0v) is 14.3. The van der Waals surface area contributed by atoms with E-state index in [0.29, 0.717) is 17.3 Å². The first-order valence-corrected chi connectivity index (χ1v) is 7.82. The molecular formula is C18H20N2O2S. The van der Waals surface area contributed by atoms with Gasteiger partial charge < -0.3 is 15.4 Å². The first-order chi connectivity index (χ1) is 11.0. The van der Waals surface area contributed by atoms with Gasteiger partial charge in [0.25, 0.3) is 0 Å². The van der Waals surface area contributed by atoms with Crippen LogP contribution in [0.4, 0.5) is 11.4 Å². The number of esters is 1. The van der Waals surface area contributed by atoms with Crippen LogP contribution in [-0.2, 0) is 4.74 Å². The van der Waals surface area contributed by atoms with Gasteiger partial charge in [-0.05, 0) is 74.4 Å². The van der Waals surface area contributed by atoms with E-state index in [9.17, 15) is 4.79 Å². The lowest BCUT2D eigenvalue weighted by Crippen LogP contribution is -2.19. The Morgan fingerprint density at radius 3 is 2.35 bits per heavy atom. The summed E-state index contributed by atoms with van der Waals surface area (Å²) < 4.78 is 4.99. The molecule has 0 atom stereocenters. The van der Waals surface area contributed by atoms with Gasteiger partial charge in [0.05, 0.1) is 12.2 Å². The lowest BCUT2D eigenvalue weighted by Gasteiger charge is -2.12. The molecule has 0 fully saturated rings. The van der Waals surface area contributed by atoms with Gasteiger partial charge in [-0.3, -0.25) is 0 Å². The van der Waals surface area contributed by atoms with Crippen LogP contribution in [0.2, 0.25) is 0 Å². The van der Waals surface area contributed by atoms with E-state index in [-0.39, 0.29) is 5.97 Å². The highest BCUT2D eigenvalue weighted by atomic mass is 32.1. The second-order valence-corrected chi connectivity index (χ2v) is 5.67. The number of nitrogens with one attached hydrogen (secondary N) is 2. The Labute approximate surface area is 141 Å². The smallest absolute Gasteiger partial charge is 0.338 e. The lowest BCUT2D eigenvalue weighted by molar-refractivity contribution is 0.0526. The van der Waals surface area contributed by atoms with Crippen molar-refractivity contribution in [2.45, 2.75) is 20.8 Å². The molecule has 0 saturated heterocycles. The van der Waals surface area contributed by atoms with Crippen molar-refractivity contribution in [3.63, 3.8) is 0 Å². The van der Waals surface area contributed by atoms with E-state index in [0.717, 1.165) is 11.4 Å². The maximum atomic E-state index is 11.8. The van der Waals surface area contributed by atoms with Gasteiger partial charge in [0, 0.05) is 11.4 Å². The molecule has 23 heavy (non-hydrogen) atoms. The van der Waals surface area contributed by atoms with Gasteiger partial charge in [-0.1, -0.05) is 12.1 Å². The summed E-state index contributed by atoms with van der Waals surface area (Å²) in [6.07, 6.45) is 0. The fourth-order valence-electron chi connectivity index (χ4n) is 2.28. The molecular weight excluding hydrogens is 308 g/mol. The van der Waals surface area contributed by atoms with Crippen molar-refractivity contribution in [2.75, 3.05) is 17.2 Å². The summed E-state index contributed by atoms with van der Waals surface area (Å²) in [6, 6.07) is 13.2. The molecule has 0 aliphatic heterocycles. The molecule has 0 unspecified atom stereocenters. The van der Waals surface area contributed by atoms with E-state index >= 15 is 0 Å². The van der Waals surface area contributed by atoms with Gasteiger partial charge in [0.1, 0.15) is 0 Å². The van der Waals surface area contributed by atoms with Crippen molar-refractivity contribution >= 4 is 34.7 Å². The highest BCUT2D eigenvalue weighted by Crippen LogP contribution is 2.16. The predicted octanol–water partition coefficient (Wildman–Crippen LogP) is 4.29. The number of thiocarbonyl (C=S) groups is 1. The molecule has 5 heteroatoms. The predicted molar refractivity (Wildman–Crippen MR) is 98.2 cm³/mol. The Balaban J connectivity index is 2.05. The quantitative estimate of drug-likeness (QED) is 0.648. The van der Waals surface area contributed by atoms with Gasteiger partial charge >= 0.3 is 5.97 Å². The highest BCUT2D eigenvalue weighted by molar-refractivity contribution is 7.80. The van der Waals surface area contributed by atoms with Crippen LogP contribution in [0.5, 0.6) is 0 Å². The fraction of sp³-hybridized carbons (Fsp3) is 0.222. The summed E-state index contributed by atoms with van der Waals surface area (Å²) in [4.78, 5) is 11.8. The van der Waals surface area contributed by atoms with E-state index in [2.05, 4.69) is 16.7 Å². The molecule has 2 aromatic carbocycles. The third kappa shape index (κ3) is 5.07. The zero-order chi connectivity index (χ0) is 16.8. The topological polar surface area (TPSA) is 50.4 Å². The molecule has 2 aromatic rings. The Kier molecular flexibility index (Phi) is 5.71. The molecule has 0 radical (unpaired) electrons. The normalized spacial score (nSPS) is 10.0. The minimum Gasteiger partial charge on any atom is -0.462 e. The largest absolute Gasteiger partial charge is 0.462 e. The van der Waals surface area contributed by atoms with Crippen molar-refractivity contribution in [3.05, 3.63) is 59.2 Å². The Bertz CT molecular complexity index is 708. The Morgan fingerprint density at radius 1 is 1.04 bits per heavy atom. The first-order valence-electron chi connectivity index (χ1n) is 7.41. The van der Waals surface area contributed by atoms with Crippen molar-refractivity contribution < 1.29 is 9.53 Å². The number of anilines is 2. The molecule has 0 bridgehead atoms. The summed E-state index contributed by atoms with van der Waals surface area (Å²) in [6.45, 7) is 6.21. The van der Waals surface area contributed by atoms with Crippen LogP contribution in [0.25, 0.3) is 0 Å². The van der Waals surface area contributed by atoms with E-state index in [4.69, 9.17) is 17.0 Å². The van der Waals surface area contributed by atoms with Crippen molar-refractivity contribution in [3.8, 4) is 0 Å². The fourth-order valence-corrected chi connectivity index (χ4v) is 2.51. The molecule has 0 heterocycles. The summed E-state index contributed by atoms with van der Waals surface area (Å²) in [7, 11) is 0. The summed E-state index contributed by atoms with van der Waals surface area (Å²) in [5.41, 5.74) is 4.49. The minimum atomic E-state index is -0.343. The number of rotatable bonds is 4. The lowest BCUT2D eigenvalue weighted by atomic mass is 10.1. The number of benzene rings is 2. The van der Waals surface area contributed by atoms with Crippen LogP contribution in [0.15, 0.2) is 42.5 Å². The summed E-state index contributed by atoms with van der Waals surface area (Å²) in [5.74, 6) is -0.343. The van der Waals surface area contributed by atoms with Crippen LogP contribution in [0.3, 0.4) is 0 Å². The monoisotopic (exact) mass is 328 g/mol. The molecule has 120 valence electrons. The molecule has 0 aromatic heterocycles. The molecule has 0 saturated carbocycles. The molecule has 4 nitrogen and oxygen atoms in total. The Hall–Kier alpha value is -2.40.